The van der Waals surface area contributed by atoms with Crippen LogP contribution >= 0.6 is 0 Å². The van der Waals surface area contributed by atoms with E-state index >= 15 is 0 Å². The Kier molecular flexibility index (Phi) is 3.32. The average molecular weight is 180 g/mol. The van der Waals surface area contributed by atoms with Crippen molar-refractivity contribution >= 4 is 11.8 Å². The van der Waals surface area contributed by atoms with Crippen LogP contribution in [0.15, 0.2) is 0 Å². The van der Waals surface area contributed by atoms with E-state index in [1.807, 2.05) is 0 Å². The van der Waals surface area contributed by atoms with Crippen LogP contribution in [0.1, 0.15) is 12.8 Å². The molecule has 0 radical (unpaired) electrons. The molecule has 0 aromatic rings. The second kappa shape index (κ2) is 4.51. The number of carbonyl (C=O) groups excluding carboxylic acids is 2. The van der Waals surface area contributed by atoms with Gasteiger partial charge in [0.2, 0.25) is 11.8 Å². The van der Waals surface area contributed by atoms with Crippen LogP contribution in [0, 0.1) is 12.3 Å². The molecule has 1 heterocycles. The van der Waals surface area contributed by atoms with Crippen LogP contribution in [0.2, 0.25) is 0 Å². The molecule has 0 aromatic heterocycles. The van der Waals surface area contributed by atoms with E-state index in [0.29, 0.717) is 13.0 Å². The molecule has 1 aliphatic rings. The summed E-state index contributed by atoms with van der Waals surface area (Å²) in [4.78, 5) is 23.7. The Balaban J connectivity index is 2.28. The van der Waals surface area contributed by atoms with E-state index in [-0.39, 0.29) is 24.9 Å². The number of likely N-dealkylation sites (tertiary alicyclic amines) is 1. The van der Waals surface area contributed by atoms with Gasteiger partial charge < -0.3 is 10.2 Å². The van der Waals surface area contributed by atoms with Crippen LogP contribution in [0.4, 0.5) is 0 Å². The molecule has 0 aliphatic carbocycles. The fourth-order valence-corrected chi connectivity index (χ4v) is 1.25. The fraction of sp³-hybridized carbons (Fsp3) is 0.556. The lowest BCUT2D eigenvalue weighted by atomic mass is 10.4. The Morgan fingerprint density at radius 2 is 2.46 bits per heavy atom. The highest BCUT2D eigenvalue weighted by molar-refractivity contribution is 5.85. The molecule has 13 heavy (non-hydrogen) atoms. The average Bonchev–Trinajstić information content (AvgIpc) is 2.48. The lowest BCUT2D eigenvalue weighted by Gasteiger charge is -2.13. The quantitative estimate of drug-likeness (QED) is 0.587. The fourth-order valence-electron chi connectivity index (χ4n) is 1.25. The van der Waals surface area contributed by atoms with Gasteiger partial charge >= 0.3 is 0 Å². The highest BCUT2D eigenvalue weighted by Crippen LogP contribution is 2.08. The second-order valence-electron chi connectivity index (χ2n) is 2.90. The normalized spacial score (nSPS) is 15.6. The van der Waals surface area contributed by atoms with Gasteiger partial charge in [0.05, 0.1) is 13.1 Å². The third-order valence-corrected chi connectivity index (χ3v) is 1.89. The zero-order valence-electron chi connectivity index (χ0n) is 7.38. The first-order chi connectivity index (χ1) is 6.24. The van der Waals surface area contributed by atoms with E-state index in [9.17, 15) is 9.59 Å². The smallest absolute Gasteiger partial charge is 0.240 e. The van der Waals surface area contributed by atoms with Crippen molar-refractivity contribution in [2.45, 2.75) is 12.8 Å². The van der Waals surface area contributed by atoms with Crippen molar-refractivity contribution in [3.05, 3.63) is 0 Å². The van der Waals surface area contributed by atoms with Crippen molar-refractivity contribution in [1.29, 1.82) is 0 Å². The Bertz CT molecular complexity index is 255. The molecule has 1 fully saturated rings. The van der Waals surface area contributed by atoms with E-state index in [1.54, 1.807) is 4.90 Å². The molecule has 1 aliphatic heterocycles. The predicted octanol–water partition coefficient (Wildman–Crippen LogP) is -0.642. The summed E-state index contributed by atoms with van der Waals surface area (Å²) in [5.41, 5.74) is 0. The summed E-state index contributed by atoms with van der Waals surface area (Å²) >= 11 is 0. The van der Waals surface area contributed by atoms with E-state index in [2.05, 4.69) is 11.2 Å². The van der Waals surface area contributed by atoms with Crippen molar-refractivity contribution in [2.75, 3.05) is 19.6 Å². The lowest BCUT2D eigenvalue weighted by molar-refractivity contribution is -0.132. The molecule has 70 valence electrons. The number of amides is 2. The van der Waals surface area contributed by atoms with Gasteiger partial charge in [-0.3, -0.25) is 9.59 Å². The standard InChI is InChI=1S/C9H12N2O2/c1-2-5-10-8(12)7-11-6-3-4-9(11)13/h1H,3-7H2,(H,10,12). The maximum absolute atomic E-state index is 11.1. The van der Waals surface area contributed by atoms with Gasteiger partial charge in [0.1, 0.15) is 0 Å². The van der Waals surface area contributed by atoms with Gasteiger partial charge in [-0.1, -0.05) is 5.92 Å². The molecule has 0 bridgehead atoms. The Morgan fingerprint density at radius 1 is 1.69 bits per heavy atom. The minimum Gasteiger partial charge on any atom is -0.344 e. The van der Waals surface area contributed by atoms with Crippen molar-refractivity contribution < 1.29 is 9.59 Å². The Hall–Kier alpha value is -1.50. The summed E-state index contributed by atoms with van der Waals surface area (Å²) in [6.07, 6.45) is 6.37. The molecule has 4 nitrogen and oxygen atoms in total. The highest BCUT2D eigenvalue weighted by Gasteiger charge is 2.21. The monoisotopic (exact) mass is 180 g/mol. The number of carbonyl (C=O) groups is 2. The summed E-state index contributed by atoms with van der Waals surface area (Å²) in [5, 5.41) is 2.51. The summed E-state index contributed by atoms with van der Waals surface area (Å²) in [7, 11) is 0. The Labute approximate surface area is 77.3 Å². The first kappa shape index (κ1) is 9.59. The van der Waals surface area contributed by atoms with E-state index in [1.165, 1.54) is 0 Å². The van der Waals surface area contributed by atoms with E-state index in [4.69, 9.17) is 6.42 Å². The molecule has 1 N–H and O–H groups in total. The minimum atomic E-state index is -0.187. The van der Waals surface area contributed by atoms with Gasteiger partial charge in [-0.05, 0) is 6.42 Å². The maximum Gasteiger partial charge on any atom is 0.240 e. The minimum absolute atomic E-state index is 0.0517. The van der Waals surface area contributed by atoms with Crippen molar-refractivity contribution in [3.8, 4) is 12.3 Å². The number of rotatable bonds is 3. The van der Waals surface area contributed by atoms with Crippen LogP contribution in [0.3, 0.4) is 0 Å². The number of terminal acetylenes is 1. The number of hydrogen-bond acceptors (Lipinski definition) is 2. The molecule has 1 saturated heterocycles. The third-order valence-electron chi connectivity index (χ3n) is 1.89. The van der Waals surface area contributed by atoms with Gasteiger partial charge in [0.25, 0.3) is 0 Å². The zero-order valence-corrected chi connectivity index (χ0v) is 7.38. The molecular weight excluding hydrogens is 168 g/mol. The van der Waals surface area contributed by atoms with Crippen molar-refractivity contribution in [3.63, 3.8) is 0 Å². The topological polar surface area (TPSA) is 49.4 Å². The second-order valence-corrected chi connectivity index (χ2v) is 2.90. The SMILES string of the molecule is C#CCNC(=O)CN1CCCC1=O. The molecule has 1 rings (SSSR count). The molecule has 2 amide bonds. The summed E-state index contributed by atoms with van der Waals surface area (Å²) < 4.78 is 0. The third kappa shape index (κ3) is 2.79. The molecule has 4 heteroatoms. The van der Waals surface area contributed by atoms with Gasteiger partial charge in [0, 0.05) is 13.0 Å². The van der Waals surface area contributed by atoms with Crippen LogP contribution in [0.5, 0.6) is 0 Å². The molecular formula is C9H12N2O2. The summed E-state index contributed by atoms with van der Waals surface area (Å²) in [6.45, 7) is 1.05. The van der Waals surface area contributed by atoms with E-state index < -0.39 is 0 Å². The molecule has 0 aromatic carbocycles. The predicted molar refractivity (Wildman–Crippen MR) is 47.7 cm³/mol. The molecule has 0 unspecified atom stereocenters. The first-order valence-corrected chi connectivity index (χ1v) is 4.22. The van der Waals surface area contributed by atoms with Gasteiger partial charge in [-0.15, -0.1) is 6.42 Å². The van der Waals surface area contributed by atoms with Crippen molar-refractivity contribution in [1.82, 2.24) is 10.2 Å². The number of nitrogens with zero attached hydrogens (tertiary/aromatic N) is 1. The van der Waals surface area contributed by atoms with Crippen LogP contribution in [0.25, 0.3) is 0 Å². The first-order valence-electron chi connectivity index (χ1n) is 4.22. The maximum atomic E-state index is 11.1. The van der Waals surface area contributed by atoms with Crippen LogP contribution in [-0.4, -0.2) is 36.3 Å². The van der Waals surface area contributed by atoms with Gasteiger partial charge in [-0.2, -0.15) is 0 Å². The van der Waals surface area contributed by atoms with E-state index in [0.717, 1.165) is 6.42 Å². The van der Waals surface area contributed by atoms with Gasteiger partial charge in [-0.25, -0.2) is 0 Å². The van der Waals surface area contributed by atoms with Gasteiger partial charge in [0.15, 0.2) is 0 Å². The lowest BCUT2D eigenvalue weighted by Crippen LogP contribution is -2.37. The largest absolute Gasteiger partial charge is 0.344 e. The van der Waals surface area contributed by atoms with Crippen LogP contribution in [-0.2, 0) is 9.59 Å². The molecule has 0 spiro atoms. The van der Waals surface area contributed by atoms with Crippen LogP contribution < -0.4 is 5.32 Å². The van der Waals surface area contributed by atoms with Crippen molar-refractivity contribution in [2.24, 2.45) is 0 Å². The summed E-state index contributed by atoms with van der Waals surface area (Å²) in [6, 6.07) is 0. The summed E-state index contributed by atoms with van der Waals surface area (Å²) in [5.74, 6) is 2.16. The molecule has 0 saturated carbocycles. The molecule has 0 atom stereocenters. The number of hydrogen-bond donors (Lipinski definition) is 1. The highest BCUT2D eigenvalue weighted by atomic mass is 16.2. The zero-order chi connectivity index (χ0) is 9.68. The number of nitrogens with one attached hydrogen (secondary N) is 1. The Morgan fingerprint density at radius 3 is 3.00 bits per heavy atom.